The van der Waals surface area contributed by atoms with E-state index in [0.717, 1.165) is 6.42 Å². The van der Waals surface area contributed by atoms with Crippen LogP contribution in [0.25, 0.3) is 0 Å². The van der Waals surface area contributed by atoms with Crippen LogP contribution in [-0.2, 0) is 4.74 Å². The molecule has 7 heteroatoms. The van der Waals surface area contributed by atoms with Gasteiger partial charge in [0.1, 0.15) is 11.8 Å². The van der Waals surface area contributed by atoms with Gasteiger partial charge in [0.2, 0.25) is 5.88 Å². The molecule has 0 aliphatic heterocycles. The molecule has 0 saturated carbocycles. The predicted octanol–water partition coefficient (Wildman–Crippen LogP) is 3.25. The fraction of sp³-hybridized carbons (Fsp3) is 0.583. The summed E-state index contributed by atoms with van der Waals surface area (Å²) >= 11 is 3.23. The minimum atomic E-state index is -0.468. The van der Waals surface area contributed by atoms with Gasteiger partial charge in [0, 0.05) is 12.7 Å². The van der Waals surface area contributed by atoms with E-state index in [1.807, 2.05) is 13.8 Å². The molecule has 0 aromatic carbocycles. The lowest BCUT2D eigenvalue weighted by atomic mass is 10.3. The zero-order valence-corrected chi connectivity index (χ0v) is 12.8. The Morgan fingerprint density at radius 2 is 2.26 bits per heavy atom. The average Bonchev–Trinajstić information content (AvgIpc) is 2.33. The molecule has 0 amide bonds. The summed E-state index contributed by atoms with van der Waals surface area (Å²) < 4.78 is 11.4. The second-order valence-corrected chi connectivity index (χ2v) is 4.99. The van der Waals surface area contributed by atoms with Crippen molar-refractivity contribution in [3.63, 3.8) is 0 Å². The Hall–Kier alpha value is -1.21. The molecule has 0 aliphatic rings. The summed E-state index contributed by atoms with van der Waals surface area (Å²) in [4.78, 5) is 14.4. The van der Waals surface area contributed by atoms with Crippen molar-refractivity contribution >= 4 is 21.6 Å². The molecule has 0 fully saturated rings. The first kappa shape index (κ1) is 15.8. The van der Waals surface area contributed by atoms with Gasteiger partial charge in [-0.05, 0) is 36.2 Å². The summed E-state index contributed by atoms with van der Waals surface area (Å²) in [6.45, 7) is 6.61. The number of halogens is 1. The molecule has 0 spiro atoms. The van der Waals surface area contributed by atoms with Gasteiger partial charge < -0.3 is 9.47 Å². The van der Waals surface area contributed by atoms with Crippen molar-refractivity contribution in [2.24, 2.45) is 0 Å². The number of aromatic nitrogens is 1. The van der Waals surface area contributed by atoms with Crippen molar-refractivity contribution in [1.82, 2.24) is 4.98 Å². The topological polar surface area (TPSA) is 74.5 Å². The highest BCUT2D eigenvalue weighted by atomic mass is 79.9. The van der Waals surface area contributed by atoms with E-state index >= 15 is 0 Å². The average molecular weight is 333 g/mol. The Balaban J connectivity index is 2.74. The summed E-state index contributed by atoms with van der Waals surface area (Å²) in [7, 11) is 0. The molecule has 1 rings (SSSR count). The van der Waals surface area contributed by atoms with Gasteiger partial charge in [0.05, 0.1) is 16.0 Å². The summed E-state index contributed by atoms with van der Waals surface area (Å²) in [6.07, 6.45) is 0.780. The zero-order chi connectivity index (χ0) is 14.4. The van der Waals surface area contributed by atoms with Crippen LogP contribution in [0.1, 0.15) is 26.0 Å². The van der Waals surface area contributed by atoms with Crippen molar-refractivity contribution in [2.75, 3.05) is 13.2 Å². The Labute approximate surface area is 120 Å². The third-order valence-corrected chi connectivity index (χ3v) is 2.89. The molecular weight excluding hydrogens is 316 g/mol. The van der Waals surface area contributed by atoms with Gasteiger partial charge in [0.25, 0.3) is 5.69 Å². The van der Waals surface area contributed by atoms with Crippen molar-refractivity contribution in [1.29, 1.82) is 0 Å². The summed E-state index contributed by atoms with van der Waals surface area (Å²) in [5.41, 5.74) is 0.291. The van der Waals surface area contributed by atoms with Crippen LogP contribution in [0.3, 0.4) is 0 Å². The van der Waals surface area contributed by atoms with Gasteiger partial charge in [-0.1, -0.05) is 6.92 Å². The highest BCUT2D eigenvalue weighted by molar-refractivity contribution is 9.10. The fourth-order valence-electron chi connectivity index (χ4n) is 1.43. The van der Waals surface area contributed by atoms with Crippen molar-refractivity contribution < 1.29 is 14.4 Å². The molecule has 1 unspecified atom stereocenters. The molecule has 19 heavy (non-hydrogen) atoms. The maximum atomic E-state index is 10.8. The number of ether oxygens (including phenoxy) is 2. The van der Waals surface area contributed by atoms with E-state index < -0.39 is 4.92 Å². The maximum absolute atomic E-state index is 10.8. The van der Waals surface area contributed by atoms with Crippen LogP contribution in [0.4, 0.5) is 5.69 Å². The van der Waals surface area contributed by atoms with E-state index in [2.05, 4.69) is 20.9 Å². The molecule has 1 aromatic heterocycles. The van der Waals surface area contributed by atoms with Crippen molar-refractivity contribution in [3.05, 3.63) is 26.3 Å². The lowest BCUT2D eigenvalue weighted by Gasteiger charge is -2.15. The zero-order valence-electron chi connectivity index (χ0n) is 11.2. The van der Waals surface area contributed by atoms with Crippen LogP contribution >= 0.6 is 15.9 Å². The van der Waals surface area contributed by atoms with Crippen LogP contribution < -0.4 is 4.74 Å². The minimum absolute atomic E-state index is 0.0332. The second-order valence-electron chi connectivity index (χ2n) is 4.14. The minimum Gasteiger partial charge on any atom is -0.471 e. The number of nitro groups is 1. The molecule has 1 aromatic rings. The number of hydrogen-bond acceptors (Lipinski definition) is 5. The number of hydrogen-bond donors (Lipinski definition) is 0. The monoisotopic (exact) mass is 332 g/mol. The summed E-state index contributed by atoms with van der Waals surface area (Å²) in [5.74, 6) is 0.343. The Morgan fingerprint density at radius 1 is 1.58 bits per heavy atom. The normalized spacial score (nSPS) is 12.2. The van der Waals surface area contributed by atoms with E-state index in [4.69, 9.17) is 9.47 Å². The second kappa shape index (κ2) is 7.40. The largest absolute Gasteiger partial charge is 0.471 e. The number of aryl methyl sites for hydroxylation is 1. The van der Waals surface area contributed by atoms with E-state index in [0.29, 0.717) is 29.3 Å². The number of nitrogens with zero attached hydrogens (tertiary/aromatic N) is 2. The first-order chi connectivity index (χ1) is 8.95. The van der Waals surface area contributed by atoms with E-state index in [9.17, 15) is 10.1 Å². The maximum Gasteiger partial charge on any atom is 0.291 e. The molecule has 106 valence electrons. The molecule has 0 N–H and O–H groups in total. The Morgan fingerprint density at radius 3 is 2.84 bits per heavy atom. The van der Waals surface area contributed by atoms with Crippen molar-refractivity contribution in [3.8, 4) is 5.88 Å². The standard InChI is InChI=1S/C12H17BrN2O4/c1-4-5-18-7-8(2)19-12-10(13)6-11(15(16)17)9(3)14-12/h6,8H,4-5,7H2,1-3H3. The third kappa shape index (κ3) is 4.76. The Kier molecular flexibility index (Phi) is 6.17. The van der Waals surface area contributed by atoms with Crippen LogP contribution in [0.5, 0.6) is 5.88 Å². The third-order valence-electron chi connectivity index (χ3n) is 2.32. The summed E-state index contributed by atoms with van der Waals surface area (Å²) in [5, 5.41) is 10.8. The highest BCUT2D eigenvalue weighted by Gasteiger charge is 2.18. The van der Waals surface area contributed by atoms with Gasteiger partial charge >= 0.3 is 0 Å². The fourth-order valence-corrected chi connectivity index (χ4v) is 1.83. The lowest BCUT2D eigenvalue weighted by Crippen LogP contribution is -2.20. The van der Waals surface area contributed by atoms with Gasteiger partial charge in [-0.15, -0.1) is 0 Å². The van der Waals surface area contributed by atoms with E-state index in [1.54, 1.807) is 6.92 Å². The van der Waals surface area contributed by atoms with Crippen molar-refractivity contribution in [2.45, 2.75) is 33.3 Å². The SMILES string of the molecule is CCCOCC(C)Oc1nc(C)c([N+](=O)[O-])cc1Br. The molecule has 6 nitrogen and oxygen atoms in total. The molecule has 1 heterocycles. The lowest BCUT2D eigenvalue weighted by molar-refractivity contribution is -0.385. The molecule has 1 atom stereocenters. The quantitative estimate of drug-likeness (QED) is 0.435. The molecular formula is C12H17BrN2O4. The Bertz CT molecular complexity index is 454. The highest BCUT2D eigenvalue weighted by Crippen LogP contribution is 2.29. The first-order valence-electron chi connectivity index (χ1n) is 6.01. The van der Waals surface area contributed by atoms with Gasteiger partial charge in [0.15, 0.2) is 0 Å². The molecule has 0 bridgehead atoms. The van der Waals surface area contributed by atoms with E-state index in [1.165, 1.54) is 6.07 Å². The van der Waals surface area contributed by atoms with Crippen LogP contribution in [0, 0.1) is 17.0 Å². The predicted molar refractivity (Wildman–Crippen MR) is 74.5 cm³/mol. The van der Waals surface area contributed by atoms with Gasteiger partial charge in [-0.3, -0.25) is 10.1 Å². The van der Waals surface area contributed by atoms with Crippen LogP contribution in [0.2, 0.25) is 0 Å². The van der Waals surface area contributed by atoms with E-state index in [-0.39, 0.29) is 11.8 Å². The first-order valence-corrected chi connectivity index (χ1v) is 6.81. The number of rotatable bonds is 7. The smallest absolute Gasteiger partial charge is 0.291 e. The molecule has 0 saturated heterocycles. The molecule has 0 radical (unpaired) electrons. The van der Waals surface area contributed by atoms with Crippen LogP contribution in [-0.4, -0.2) is 29.2 Å². The van der Waals surface area contributed by atoms with Gasteiger partial charge in [-0.25, -0.2) is 4.98 Å². The van der Waals surface area contributed by atoms with Crippen LogP contribution in [0.15, 0.2) is 10.5 Å². The summed E-state index contributed by atoms with van der Waals surface area (Å²) in [6, 6.07) is 1.40. The number of pyridine rings is 1. The van der Waals surface area contributed by atoms with Gasteiger partial charge in [-0.2, -0.15) is 0 Å². The molecule has 0 aliphatic carbocycles.